The SMILES string of the molecule is CCOCCCCNC(=NC)NCCOc1ccc(C(C)(C)C)cc1. The summed E-state index contributed by atoms with van der Waals surface area (Å²) in [7, 11) is 1.78. The molecule has 25 heavy (non-hydrogen) atoms. The Morgan fingerprint density at radius 2 is 1.68 bits per heavy atom. The molecule has 0 heterocycles. The van der Waals surface area contributed by atoms with Gasteiger partial charge in [-0.1, -0.05) is 32.9 Å². The zero-order valence-electron chi connectivity index (χ0n) is 16.5. The molecule has 0 aromatic heterocycles. The van der Waals surface area contributed by atoms with Gasteiger partial charge in [-0.15, -0.1) is 0 Å². The zero-order valence-corrected chi connectivity index (χ0v) is 16.5. The number of unbranched alkanes of at least 4 members (excludes halogenated alkanes) is 1. The van der Waals surface area contributed by atoms with Gasteiger partial charge in [-0.05, 0) is 42.9 Å². The Bertz CT molecular complexity index is 493. The monoisotopic (exact) mass is 349 g/mol. The first-order valence-electron chi connectivity index (χ1n) is 9.23. The first-order chi connectivity index (χ1) is 12.0. The normalized spacial score (nSPS) is 12.1. The molecule has 0 spiro atoms. The molecule has 1 aromatic carbocycles. The van der Waals surface area contributed by atoms with E-state index in [2.05, 4.69) is 48.5 Å². The van der Waals surface area contributed by atoms with Gasteiger partial charge in [0.15, 0.2) is 5.96 Å². The van der Waals surface area contributed by atoms with Gasteiger partial charge in [0.25, 0.3) is 0 Å². The van der Waals surface area contributed by atoms with Crippen LogP contribution in [0.3, 0.4) is 0 Å². The Morgan fingerprint density at radius 1 is 1.00 bits per heavy atom. The number of rotatable bonds is 10. The van der Waals surface area contributed by atoms with Crippen LogP contribution in [0.25, 0.3) is 0 Å². The molecule has 142 valence electrons. The number of nitrogens with one attached hydrogen (secondary N) is 2. The zero-order chi connectivity index (χ0) is 18.5. The molecule has 2 N–H and O–H groups in total. The number of benzene rings is 1. The molecular weight excluding hydrogens is 314 g/mol. The van der Waals surface area contributed by atoms with E-state index in [0.717, 1.165) is 44.3 Å². The third-order valence-electron chi connectivity index (χ3n) is 3.82. The van der Waals surface area contributed by atoms with E-state index in [-0.39, 0.29) is 5.41 Å². The van der Waals surface area contributed by atoms with Crippen molar-refractivity contribution in [2.24, 2.45) is 4.99 Å². The summed E-state index contributed by atoms with van der Waals surface area (Å²) in [6, 6.07) is 8.33. The minimum atomic E-state index is 0.168. The van der Waals surface area contributed by atoms with Crippen molar-refractivity contribution < 1.29 is 9.47 Å². The molecule has 0 aliphatic rings. The largest absolute Gasteiger partial charge is 0.492 e. The van der Waals surface area contributed by atoms with Crippen LogP contribution in [0.15, 0.2) is 29.3 Å². The van der Waals surface area contributed by atoms with Gasteiger partial charge in [-0.3, -0.25) is 4.99 Å². The van der Waals surface area contributed by atoms with Gasteiger partial charge in [0, 0.05) is 26.8 Å². The molecule has 0 saturated carbocycles. The lowest BCUT2D eigenvalue weighted by Gasteiger charge is -2.19. The number of hydrogen-bond acceptors (Lipinski definition) is 3. The highest BCUT2D eigenvalue weighted by atomic mass is 16.5. The minimum absolute atomic E-state index is 0.168. The van der Waals surface area contributed by atoms with Crippen molar-refractivity contribution in [3.05, 3.63) is 29.8 Å². The summed E-state index contributed by atoms with van der Waals surface area (Å²) in [5.74, 6) is 1.71. The van der Waals surface area contributed by atoms with Gasteiger partial charge >= 0.3 is 0 Å². The lowest BCUT2D eigenvalue weighted by molar-refractivity contribution is 0.143. The second-order valence-electron chi connectivity index (χ2n) is 6.95. The summed E-state index contributed by atoms with van der Waals surface area (Å²) in [5.41, 5.74) is 1.48. The van der Waals surface area contributed by atoms with E-state index in [1.807, 2.05) is 19.1 Å². The quantitative estimate of drug-likeness (QED) is 0.386. The second kappa shape index (κ2) is 11.7. The molecule has 0 aliphatic carbocycles. The van der Waals surface area contributed by atoms with E-state index in [9.17, 15) is 0 Å². The lowest BCUT2D eigenvalue weighted by atomic mass is 9.87. The van der Waals surface area contributed by atoms with Crippen LogP contribution >= 0.6 is 0 Å². The fraction of sp³-hybridized carbons (Fsp3) is 0.650. The molecule has 0 unspecified atom stereocenters. The molecule has 5 nitrogen and oxygen atoms in total. The second-order valence-corrected chi connectivity index (χ2v) is 6.95. The minimum Gasteiger partial charge on any atom is -0.492 e. The Kier molecular flexibility index (Phi) is 10.0. The Labute approximate surface area is 153 Å². The van der Waals surface area contributed by atoms with Gasteiger partial charge in [-0.2, -0.15) is 0 Å². The van der Waals surface area contributed by atoms with Crippen molar-refractivity contribution in [3.63, 3.8) is 0 Å². The molecular formula is C20H35N3O2. The van der Waals surface area contributed by atoms with Gasteiger partial charge < -0.3 is 20.1 Å². The summed E-state index contributed by atoms with van der Waals surface area (Å²) in [6.45, 7) is 12.5. The van der Waals surface area contributed by atoms with Gasteiger partial charge in [0.2, 0.25) is 0 Å². The van der Waals surface area contributed by atoms with Crippen LogP contribution in [-0.4, -0.2) is 45.9 Å². The highest BCUT2D eigenvalue weighted by Gasteiger charge is 2.12. The van der Waals surface area contributed by atoms with E-state index >= 15 is 0 Å². The number of ether oxygens (including phenoxy) is 2. The number of aliphatic imine (C=N–C) groups is 1. The number of guanidine groups is 1. The number of hydrogen-bond donors (Lipinski definition) is 2. The lowest BCUT2D eigenvalue weighted by Crippen LogP contribution is -2.39. The highest BCUT2D eigenvalue weighted by molar-refractivity contribution is 5.79. The molecule has 0 atom stereocenters. The number of nitrogens with zero attached hydrogens (tertiary/aromatic N) is 1. The maximum Gasteiger partial charge on any atom is 0.191 e. The molecule has 0 fully saturated rings. The van der Waals surface area contributed by atoms with Gasteiger partial charge in [0.05, 0.1) is 6.54 Å². The van der Waals surface area contributed by atoms with Crippen LogP contribution in [0.1, 0.15) is 46.1 Å². The van der Waals surface area contributed by atoms with Crippen LogP contribution in [0, 0.1) is 0 Å². The highest BCUT2D eigenvalue weighted by Crippen LogP contribution is 2.24. The van der Waals surface area contributed by atoms with Crippen LogP contribution in [0.5, 0.6) is 5.75 Å². The summed E-state index contributed by atoms with van der Waals surface area (Å²) in [4.78, 5) is 4.21. The van der Waals surface area contributed by atoms with Crippen molar-refractivity contribution in [1.82, 2.24) is 10.6 Å². The third kappa shape index (κ3) is 9.34. The molecule has 0 radical (unpaired) electrons. The Balaban J connectivity index is 2.18. The van der Waals surface area contributed by atoms with Crippen LogP contribution < -0.4 is 15.4 Å². The average molecular weight is 350 g/mol. The smallest absolute Gasteiger partial charge is 0.191 e. The topological polar surface area (TPSA) is 54.9 Å². The maximum atomic E-state index is 5.78. The maximum absolute atomic E-state index is 5.78. The van der Waals surface area contributed by atoms with Gasteiger partial charge in [0.1, 0.15) is 12.4 Å². The first-order valence-corrected chi connectivity index (χ1v) is 9.23. The van der Waals surface area contributed by atoms with Crippen molar-refractivity contribution in [1.29, 1.82) is 0 Å². The van der Waals surface area contributed by atoms with E-state index in [1.165, 1.54) is 5.56 Å². The first kappa shape index (κ1) is 21.3. The van der Waals surface area contributed by atoms with Crippen molar-refractivity contribution in [3.8, 4) is 5.75 Å². The molecule has 0 amide bonds. The fourth-order valence-electron chi connectivity index (χ4n) is 2.29. The molecule has 5 heteroatoms. The van der Waals surface area contributed by atoms with Crippen LogP contribution in [0.4, 0.5) is 0 Å². The van der Waals surface area contributed by atoms with E-state index in [4.69, 9.17) is 9.47 Å². The van der Waals surface area contributed by atoms with E-state index < -0.39 is 0 Å². The predicted molar refractivity (Wildman–Crippen MR) is 106 cm³/mol. The predicted octanol–water partition coefficient (Wildman–Crippen LogP) is 3.34. The molecule has 1 aromatic rings. The fourth-order valence-corrected chi connectivity index (χ4v) is 2.29. The molecule has 0 aliphatic heterocycles. The summed E-state index contributed by atoms with van der Waals surface area (Å²) < 4.78 is 11.1. The van der Waals surface area contributed by atoms with Gasteiger partial charge in [-0.25, -0.2) is 0 Å². The molecule has 0 saturated heterocycles. The molecule has 1 rings (SSSR count). The molecule has 0 bridgehead atoms. The third-order valence-corrected chi connectivity index (χ3v) is 3.82. The van der Waals surface area contributed by atoms with Crippen LogP contribution in [0.2, 0.25) is 0 Å². The van der Waals surface area contributed by atoms with Crippen molar-refractivity contribution in [2.75, 3.05) is 40.0 Å². The average Bonchev–Trinajstić information content (AvgIpc) is 2.59. The Hall–Kier alpha value is -1.75. The van der Waals surface area contributed by atoms with Crippen LogP contribution in [-0.2, 0) is 10.2 Å². The summed E-state index contributed by atoms with van der Waals surface area (Å²) >= 11 is 0. The van der Waals surface area contributed by atoms with Crippen molar-refractivity contribution >= 4 is 5.96 Å². The standard InChI is InChI=1S/C20H35N3O2/c1-6-24-15-8-7-13-22-19(21-5)23-14-16-25-18-11-9-17(10-12-18)20(2,3)4/h9-12H,6-8,13-16H2,1-5H3,(H2,21,22,23). The van der Waals surface area contributed by atoms with E-state index in [1.54, 1.807) is 7.05 Å². The van der Waals surface area contributed by atoms with Crippen molar-refractivity contribution in [2.45, 2.75) is 46.0 Å². The summed E-state index contributed by atoms with van der Waals surface area (Å²) in [6.07, 6.45) is 2.13. The van der Waals surface area contributed by atoms with E-state index in [0.29, 0.717) is 13.2 Å². The Morgan fingerprint density at radius 3 is 2.28 bits per heavy atom. The summed E-state index contributed by atoms with van der Waals surface area (Å²) in [5, 5.41) is 6.56.